The fraction of sp³-hybridized carbons (Fsp3) is 0.368. The molecule has 0 aliphatic carbocycles. The van der Waals surface area contributed by atoms with Crippen molar-refractivity contribution in [3.05, 3.63) is 53.6 Å². The van der Waals surface area contributed by atoms with Crippen LogP contribution in [-0.2, 0) is 15.4 Å². The number of aromatic nitrogens is 1. The van der Waals surface area contributed by atoms with Crippen LogP contribution in [0.3, 0.4) is 0 Å². The van der Waals surface area contributed by atoms with E-state index in [1.54, 1.807) is 31.5 Å². The molecule has 138 valence electrons. The van der Waals surface area contributed by atoms with Crippen molar-refractivity contribution in [2.45, 2.75) is 38.0 Å². The summed E-state index contributed by atoms with van der Waals surface area (Å²) in [5.74, 6) is -0.928. The minimum absolute atomic E-state index is 0.131. The average molecular weight is 375 g/mol. The molecule has 0 unspecified atom stereocenters. The first kappa shape index (κ1) is 18.5. The van der Waals surface area contributed by atoms with Crippen LogP contribution in [0.5, 0.6) is 0 Å². The van der Waals surface area contributed by atoms with E-state index >= 15 is 0 Å². The molecule has 7 heteroatoms. The molecule has 1 aliphatic rings. The van der Waals surface area contributed by atoms with Crippen LogP contribution in [0, 0.1) is 18.2 Å². The van der Waals surface area contributed by atoms with Gasteiger partial charge in [-0.15, -0.1) is 0 Å². The van der Waals surface area contributed by atoms with Gasteiger partial charge in [-0.05, 0) is 57.0 Å². The zero-order chi connectivity index (χ0) is 19.3. The van der Waals surface area contributed by atoms with Crippen molar-refractivity contribution in [3.8, 4) is 11.1 Å². The molecule has 5 nitrogen and oxygen atoms in total. The van der Waals surface area contributed by atoms with Crippen molar-refractivity contribution < 1.29 is 12.8 Å². The van der Waals surface area contributed by atoms with Crippen molar-refractivity contribution >= 4 is 15.7 Å². The largest absolute Gasteiger partial charge is 0.362 e. The first-order chi connectivity index (χ1) is 12.0. The van der Waals surface area contributed by atoms with Gasteiger partial charge in [-0.25, -0.2) is 12.8 Å². The highest BCUT2D eigenvalue weighted by molar-refractivity contribution is 7.93. The first-order valence-electron chi connectivity index (χ1n) is 8.28. The fourth-order valence-corrected chi connectivity index (χ4v) is 4.87. The van der Waals surface area contributed by atoms with Crippen molar-refractivity contribution in [2.24, 2.45) is 0 Å². The SMILES string of the molecule is Cc1cncc(-c2ccc(F)c([C@]3(C)CS(=O)(=O)C(C)(C)C(=N)N3)c2)c1. The van der Waals surface area contributed by atoms with Crippen LogP contribution in [0.4, 0.5) is 4.39 Å². The Hall–Kier alpha value is -2.28. The molecule has 2 heterocycles. The summed E-state index contributed by atoms with van der Waals surface area (Å²) in [6.45, 7) is 6.51. The summed E-state index contributed by atoms with van der Waals surface area (Å²) in [7, 11) is -3.63. The summed E-state index contributed by atoms with van der Waals surface area (Å²) in [6, 6.07) is 6.55. The molecule has 1 aromatic heterocycles. The Bertz CT molecular complexity index is 1000. The van der Waals surface area contributed by atoms with E-state index in [1.165, 1.54) is 19.9 Å². The third-order valence-corrected chi connectivity index (χ3v) is 7.74. The minimum Gasteiger partial charge on any atom is -0.362 e. The second kappa shape index (κ2) is 5.87. The predicted molar refractivity (Wildman–Crippen MR) is 100 cm³/mol. The van der Waals surface area contributed by atoms with Gasteiger partial charge in [-0.1, -0.05) is 6.07 Å². The molecule has 1 aromatic carbocycles. The number of sulfone groups is 1. The van der Waals surface area contributed by atoms with Crippen LogP contribution in [0.2, 0.25) is 0 Å². The smallest absolute Gasteiger partial charge is 0.165 e. The second-order valence-corrected chi connectivity index (χ2v) is 10.1. The Morgan fingerprint density at radius 2 is 1.85 bits per heavy atom. The molecule has 0 amide bonds. The van der Waals surface area contributed by atoms with Crippen LogP contribution in [0.15, 0.2) is 36.7 Å². The number of halogens is 1. The molecule has 1 atom stereocenters. The highest BCUT2D eigenvalue weighted by Gasteiger charge is 2.51. The van der Waals surface area contributed by atoms with Gasteiger partial charge in [0.1, 0.15) is 16.4 Å². The molecule has 1 saturated heterocycles. The Kier molecular flexibility index (Phi) is 4.18. The monoisotopic (exact) mass is 375 g/mol. The topological polar surface area (TPSA) is 82.9 Å². The lowest BCUT2D eigenvalue weighted by molar-refractivity contribution is 0.422. The van der Waals surface area contributed by atoms with E-state index in [9.17, 15) is 12.8 Å². The number of aryl methyl sites for hydroxylation is 1. The zero-order valence-electron chi connectivity index (χ0n) is 15.2. The summed E-state index contributed by atoms with van der Waals surface area (Å²) in [5.41, 5.74) is 1.54. The summed E-state index contributed by atoms with van der Waals surface area (Å²) in [5, 5.41) is 11.1. The normalized spacial score (nSPS) is 24.1. The molecule has 0 radical (unpaired) electrons. The van der Waals surface area contributed by atoms with Crippen molar-refractivity contribution in [2.75, 3.05) is 5.75 Å². The molecule has 1 aliphatic heterocycles. The summed E-state index contributed by atoms with van der Waals surface area (Å²) in [4.78, 5) is 4.16. The quantitative estimate of drug-likeness (QED) is 0.844. The third kappa shape index (κ3) is 2.90. The maximum absolute atomic E-state index is 14.6. The maximum atomic E-state index is 14.6. The molecule has 1 fully saturated rings. The number of benzene rings is 1. The summed E-state index contributed by atoms with van der Waals surface area (Å²) < 4.78 is 38.7. The molecular weight excluding hydrogens is 353 g/mol. The van der Waals surface area contributed by atoms with Gasteiger partial charge < -0.3 is 5.32 Å². The molecule has 2 N–H and O–H groups in total. The number of hydrogen-bond donors (Lipinski definition) is 2. The molecule has 0 saturated carbocycles. The van der Waals surface area contributed by atoms with E-state index in [1.807, 2.05) is 13.0 Å². The number of nitrogens with zero attached hydrogens (tertiary/aromatic N) is 1. The standard InChI is InChI=1S/C19H22FN3O2S/c1-12-7-14(10-22-9-12)13-5-6-16(20)15(8-13)19(4)11-26(24,25)18(2,3)17(21)23-19/h5-10H,11H2,1-4H3,(H2,21,23)/t19-/m0/s1. The van der Waals surface area contributed by atoms with Crippen LogP contribution in [-0.4, -0.2) is 29.7 Å². The van der Waals surface area contributed by atoms with Crippen LogP contribution >= 0.6 is 0 Å². The van der Waals surface area contributed by atoms with E-state index in [-0.39, 0.29) is 17.2 Å². The van der Waals surface area contributed by atoms with E-state index in [4.69, 9.17) is 5.41 Å². The fourth-order valence-electron chi connectivity index (χ4n) is 3.16. The summed E-state index contributed by atoms with van der Waals surface area (Å²) in [6.07, 6.45) is 3.41. The predicted octanol–water partition coefficient (Wildman–Crippen LogP) is 3.19. The van der Waals surface area contributed by atoms with E-state index in [0.717, 1.165) is 16.7 Å². The summed E-state index contributed by atoms with van der Waals surface area (Å²) >= 11 is 0. The molecule has 26 heavy (non-hydrogen) atoms. The van der Waals surface area contributed by atoms with E-state index in [2.05, 4.69) is 10.3 Å². The molecule has 0 spiro atoms. The minimum atomic E-state index is -3.63. The lowest BCUT2D eigenvalue weighted by Gasteiger charge is -2.43. The lowest BCUT2D eigenvalue weighted by Crippen LogP contribution is -2.64. The molecular formula is C19H22FN3O2S. The van der Waals surface area contributed by atoms with Crippen molar-refractivity contribution in [3.63, 3.8) is 0 Å². The number of pyridine rings is 1. The number of nitrogens with one attached hydrogen (secondary N) is 2. The maximum Gasteiger partial charge on any atom is 0.165 e. The Morgan fingerprint density at radius 3 is 2.46 bits per heavy atom. The average Bonchev–Trinajstić information content (AvgIpc) is 2.53. The highest BCUT2D eigenvalue weighted by atomic mass is 32.2. The first-order valence-corrected chi connectivity index (χ1v) is 9.93. The van der Waals surface area contributed by atoms with Crippen LogP contribution < -0.4 is 5.32 Å². The van der Waals surface area contributed by atoms with Gasteiger partial charge in [0.25, 0.3) is 0 Å². The Balaban J connectivity index is 2.12. The Morgan fingerprint density at radius 1 is 1.15 bits per heavy atom. The van der Waals surface area contributed by atoms with Gasteiger partial charge >= 0.3 is 0 Å². The number of hydrogen-bond acceptors (Lipinski definition) is 4. The highest BCUT2D eigenvalue weighted by Crippen LogP contribution is 2.36. The van der Waals surface area contributed by atoms with Crippen LogP contribution in [0.25, 0.3) is 11.1 Å². The van der Waals surface area contributed by atoms with Gasteiger partial charge in [-0.3, -0.25) is 10.4 Å². The van der Waals surface area contributed by atoms with Gasteiger partial charge in [-0.2, -0.15) is 0 Å². The van der Waals surface area contributed by atoms with Gasteiger partial charge in [0, 0.05) is 23.5 Å². The van der Waals surface area contributed by atoms with Gasteiger partial charge in [0.2, 0.25) is 0 Å². The van der Waals surface area contributed by atoms with Crippen LogP contribution in [0.1, 0.15) is 31.9 Å². The molecule has 3 rings (SSSR count). The Labute approximate surface area is 153 Å². The molecule has 2 aromatic rings. The number of rotatable bonds is 2. The van der Waals surface area contributed by atoms with Gasteiger partial charge in [0.15, 0.2) is 9.84 Å². The second-order valence-electron chi connectivity index (χ2n) is 7.55. The zero-order valence-corrected chi connectivity index (χ0v) is 16.0. The van der Waals surface area contributed by atoms with Crippen molar-refractivity contribution in [1.82, 2.24) is 10.3 Å². The van der Waals surface area contributed by atoms with E-state index in [0.29, 0.717) is 0 Å². The van der Waals surface area contributed by atoms with E-state index < -0.39 is 25.9 Å². The lowest BCUT2D eigenvalue weighted by atomic mass is 9.89. The molecule has 0 bridgehead atoms. The van der Waals surface area contributed by atoms with Crippen molar-refractivity contribution in [1.29, 1.82) is 5.41 Å². The third-order valence-electron chi connectivity index (χ3n) is 5.03. The number of amidine groups is 1. The van der Waals surface area contributed by atoms with Gasteiger partial charge in [0.05, 0.1) is 11.3 Å².